The molecule has 0 aliphatic carbocycles. The summed E-state index contributed by atoms with van der Waals surface area (Å²) in [6.07, 6.45) is 36.3. The Balaban J connectivity index is 3.24. The van der Waals surface area contributed by atoms with Crippen LogP contribution in [0.2, 0.25) is 0 Å². The maximum absolute atomic E-state index is 11.6. The number of unbranched alkanes of at least 4 members (excludes halogenated alkanes) is 21. The number of carbonyl (C=O) groups is 1. The third-order valence-corrected chi connectivity index (χ3v) is 7.34. The van der Waals surface area contributed by atoms with E-state index in [-0.39, 0.29) is 12.6 Å². The standard InChI is InChI=1S/C34H66O4/c1-3-5-7-8-9-10-11-12-13-14-15-16-17-18-19-20-21-22-23-24-25-26-27-28-30-37-32-33(31-35)38-34(36)29-6-4-2/h14-15,33,35H,3-13,16-32H2,1-2H3/b15-14-. The molecule has 0 saturated heterocycles. The monoisotopic (exact) mass is 538 g/mol. The van der Waals surface area contributed by atoms with Crippen LogP contribution >= 0.6 is 0 Å². The first-order valence-electron chi connectivity index (χ1n) is 16.8. The Morgan fingerprint density at radius 1 is 0.605 bits per heavy atom. The van der Waals surface area contributed by atoms with Crippen LogP contribution in [-0.4, -0.2) is 37.0 Å². The summed E-state index contributed by atoms with van der Waals surface area (Å²) in [4.78, 5) is 11.6. The van der Waals surface area contributed by atoms with E-state index >= 15 is 0 Å². The molecule has 0 rings (SSSR count). The molecule has 0 radical (unpaired) electrons. The number of aliphatic hydroxyl groups excluding tert-OH is 1. The molecular weight excluding hydrogens is 472 g/mol. The highest BCUT2D eigenvalue weighted by Crippen LogP contribution is 2.14. The molecule has 1 unspecified atom stereocenters. The molecule has 0 aromatic carbocycles. The van der Waals surface area contributed by atoms with Gasteiger partial charge in [-0.15, -0.1) is 0 Å². The van der Waals surface area contributed by atoms with Gasteiger partial charge >= 0.3 is 5.97 Å². The average Bonchev–Trinajstić information content (AvgIpc) is 2.93. The molecule has 0 bridgehead atoms. The molecule has 0 aliphatic heterocycles. The molecule has 0 fully saturated rings. The van der Waals surface area contributed by atoms with Crippen LogP contribution in [-0.2, 0) is 14.3 Å². The van der Waals surface area contributed by atoms with Crippen molar-refractivity contribution in [2.75, 3.05) is 19.8 Å². The number of hydrogen-bond acceptors (Lipinski definition) is 4. The lowest BCUT2D eigenvalue weighted by molar-refractivity contribution is -0.154. The van der Waals surface area contributed by atoms with E-state index in [2.05, 4.69) is 19.1 Å². The van der Waals surface area contributed by atoms with E-state index in [4.69, 9.17) is 9.47 Å². The van der Waals surface area contributed by atoms with Gasteiger partial charge in [-0.2, -0.15) is 0 Å². The molecule has 1 N–H and O–H groups in total. The molecule has 1 atom stereocenters. The Hall–Kier alpha value is -0.870. The van der Waals surface area contributed by atoms with Crippen molar-refractivity contribution >= 4 is 5.97 Å². The molecule has 0 spiro atoms. The number of esters is 1. The van der Waals surface area contributed by atoms with E-state index in [0.29, 0.717) is 19.6 Å². The van der Waals surface area contributed by atoms with Crippen molar-refractivity contribution in [2.45, 2.75) is 180 Å². The summed E-state index contributed by atoms with van der Waals surface area (Å²) in [6, 6.07) is 0. The summed E-state index contributed by atoms with van der Waals surface area (Å²) in [5, 5.41) is 9.33. The lowest BCUT2D eigenvalue weighted by Crippen LogP contribution is -2.27. The topological polar surface area (TPSA) is 55.8 Å². The molecule has 4 nitrogen and oxygen atoms in total. The van der Waals surface area contributed by atoms with Gasteiger partial charge in [0.25, 0.3) is 0 Å². The average molecular weight is 539 g/mol. The van der Waals surface area contributed by atoms with Gasteiger partial charge in [0.15, 0.2) is 0 Å². The van der Waals surface area contributed by atoms with E-state index in [1.54, 1.807) is 0 Å². The zero-order valence-electron chi connectivity index (χ0n) is 25.7. The summed E-state index contributed by atoms with van der Waals surface area (Å²) < 4.78 is 10.8. The van der Waals surface area contributed by atoms with Gasteiger partial charge < -0.3 is 14.6 Å². The summed E-state index contributed by atoms with van der Waals surface area (Å²) in [6.45, 7) is 5.13. The molecule has 0 aromatic heterocycles. The van der Waals surface area contributed by atoms with Crippen molar-refractivity contribution in [1.29, 1.82) is 0 Å². The van der Waals surface area contributed by atoms with E-state index < -0.39 is 6.10 Å². The van der Waals surface area contributed by atoms with Crippen LogP contribution < -0.4 is 0 Å². The van der Waals surface area contributed by atoms with E-state index in [9.17, 15) is 9.90 Å². The summed E-state index contributed by atoms with van der Waals surface area (Å²) in [7, 11) is 0. The number of hydrogen-bond donors (Lipinski definition) is 1. The van der Waals surface area contributed by atoms with Crippen molar-refractivity contribution in [3.63, 3.8) is 0 Å². The molecule has 0 aliphatic rings. The maximum atomic E-state index is 11.6. The Morgan fingerprint density at radius 3 is 1.47 bits per heavy atom. The Labute approximate surface area is 237 Å². The largest absolute Gasteiger partial charge is 0.457 e. The van der Waals surface area contributed by atoms with Gasteiger partial charge in [-0.05, 0) is 38.5 Å². The number of allylic oxidation sites excluding steroid dienone is 2. The third-order valence-electron chi connectivity index (χ3n) is 7.34. The normalized spacial score (nSPS) is 12.4. The Morgan fingerprint density at radius 2 is 1.03 bits per heavy atom. The van der Waals surface area contributed by atoms with Crippen molar-refractivity contribution in [3.05, 3.63) is 12.2 Å². The zero-order valence-corrected chi connectivity index (χ0v) is 25.7. The fourth-order valence-electron chi connectivity index (χ4n) is 4.77. The molecule has 0 aromatic rings. The number of carbonyl (C=O) groups excluding carboxylic acids is 1. The van der Waals surface area contributed by atoms with Gasteiger partial charge in [0.2, 0.25) is 0 Å². The van der Waals surface area contributed by atoms with Crippen molar-refractivity contribution in [2.24, 2.45) is 0 Å². The van der Waals surface area contributed by atoms with Crippen LogP contribution in [0.1, 0.15) is 174 Å². The van der Waals surface area contributed by atoms with E-state index in [1.807, 2.05) is 6.92 Å². The highest BCUT2D eigenvalue weighted by molar-refractivity contribution is 5.69. The smallest absolute Gasteiger partial charge is 0.306 e. The fraction of sp³-hybridized carbons (Fsp3) is 0.912. The number of rotatable bonds is 31. The molecule has 226 valence electrons. The second kappa shape index (κ2) is 32.3. The van der Waals surface area contributed by atoms with Gasteiger partial charge in [0.05, 0.1) is 13.2 Å². The highest BCUT2D eigenvalue weighted by atomic mass is 16.6. The van der Waals surface area contributed by atoms with Crippen LogP contribution in [0, 0.1) is 0 Å². The zero-order chi connectivity index (χ0) is 27.8. The van der Waals surface area contributed by atoms with Crippen LogP contribution in [0.15, 0.2) is 12.2 Å². The first kappa shape index (κ1) is 37.1. The van der Waals surface area contributed by atoms with Crippen molar-refractivity contribution < 1.29 is 19.4 Å². The predicted octanol–water partition coefficient (Wildman–Crippen LogP) is 10.3. The minimum Gasteiger partial charge on any atom is -0.457 e. The highest BCUT2D eigenvalue weighted by Gasteiger charge is 2.13. The second-order valence-electron chi connectivity index (χ2n) is 11.2. The van der Waals surface area contributed by atoms with Gasteiger partial charge in [-0.25, -0.2) is 0 Å². The lowest BCUT2D eigenvalue weighted by atomic mass is 10.0. The minimum absolute atomic E-state index is 0.172. The molecule has 38 heavy (non-hydrogen) atoms. The van der Waals surface area contributed by atoms with Crippen molar-refractivity contribution in [1.82, 2.24) is 0 Å². The molecular formula is C34H66O4. The molecule has 0 amide bonds. The lowest BCUT2D eigenvalue weighted by Gasteiger charge is -2.15. The second-order valence-corrected chi connectivity index (χ2v) is 11.2. The summed E-state index contributed by atoms with van der Waals surface area (Å²) >= 11 is 0. The Kier molecular flexibility index (Phi) is 31.6. The quantitative estimate of drug-likeness (QED) is 0.0542. The van der Waals surface area contributed by atoms with Gasteiger partial charge in [-0.1, -0.05) is 142 Å². The predicted molar refractivity (Wildman–Crippen MR) is 164 cm³/mol. The first-order chi connectivity index (χ1) is 18.7. The molecule has 4 heteroatoms. The third kappa shape index (κ3) is 29.7. The van der Waals surface area contributed by atoms with Crippen molar-refractivity contribution in [3.8, 4) is 0 Å². The first-order valence-corrected chi connectivity index (χ1v) is 16.8. The maximum Gasteiger partial charge on any atom is 0.306 e. The van der Waals surface area contributed by atoms with Gasteiger partial charge in [-0.3, -0.25) is 4.79 Å². The fourth-order valence-corrected chi connectivity index (χ4v) is 4.77. The summed E-state index contributed by atoms with van der Waals surface area (Å²) in [5.74, 6) is -0.235. The summed E-state index contributed by atoms with van der Waals surface area (Å²) in [5.41, 5.74) is 0. The SMILES string of the molecule is CCCCCCCCCC/C=C\CCCCCCCCCCCCCCOCC(CO)OC(=O)CCCC. The van der Waals surface area contributed by atoms with Crippen LogP contribution in [0.25, 0.3) is 0 Å². The number of ether oxygens (including phenoxy) is 2. The Bertz CT molecular complexity index is 491. The minimum atomic E-state index is -0.523. The molecule has 0 heterocycles. The molecule has 0 saturated carbocycles. The van der Waals surface area contributed by atoms with Crippen LogP contribution in [0.3, 0.4) is 0 Å². The van der Waals surface area contributed by atoms with E-state index in [0.717, 1.165) is 19.3 Å². The number of aliphatic hydroxyl groups is 1. The van der Waals surface area contributed by atoms with Crippen LogP contribution in [0.5, 0.6) is 0 Å². The van der Waals surface area contributed by atoms with Crippen LogP contribution in [0.4, 0.5) is 0 Å². The van der Waals surface area contributed by atoms with Gasteiger partial charge in [0, 0.05) is 13.0 Å². The van der Waals surface area contributed by atoms with Gasteiger partial charge in [0.1, 0.15) is 6.10 Å². The van der Waals surface area contributed by atoms with E-state index in [1.165, 1.54) is 135 Å².